The predicted molar refractivity (Wildman–Crippen MR) is 78.5 cm³/mol. The van der Waals surface area contributed by atoms with Crippen molar-refractivity contribution in [3.05, 3.63) is 36.0 Å². The lowest BCUT2D eigenvalue weighted by Crippen LogP contribution is -2.30. The molecule has 1 amide bonds. The van der Waals surface area contributed by atoms with Gasteiger partial charge in [-0.2, -0.15) is 0 Å². The molecule has 6 nitrogen and oxygen atoms in total. The lowest BCUT2D eigenvalue weighted by Gasteiger charge is -2.25. The van der Waals surface area contributed by atoms with Gasteiger partial charge >= 0.3 is 5.97 Å². The molecule has 2 N–H and O–H groups in total. The number of hydrogen-bond donors (Lipinski definition) is 2. The van der Waals surface area contributed by atoms with Crippen LogP contribution in [0.15, 0.2) is 30.5 Å². The van der Waals surface area contributed by atoms with Crippen molar-refractivity contribution in [3.63, 3.8) is 0 Å². The second-order valence-electron chi connectivity index (χ2n) is 4.93. The number of anilines is 1. The summed E-state index contributed by atoms with van der Waals surface area (Å²) in [6, 6.07) is 7.45. The van der Waals surface area contributed by atoms with Gasteiger partial charge in [0.05, 0.1) is 11.2 Å². The maximum Gasteiger partial charge on any atom is 0.339 e. The summed E-state index contributed by atoms with van der Waals surface area (Å²) >= 11 is 0. The molecule has 1 fully saturated rings. The van der Waals surface area contributed by atoms with Crippen LogP contribution in [0.5, 0.6) is 0 Å². The summed E-state index contributed by atoms with van der Waals surface area (Å²) in [5.74, 6) is -1.01. The first-order valence-electron chi connectivity index (χ1n) is 6.79. The molecule has 0 spiro atoms. The molecule has 21 heavy (non-hydrogen) atoms. The van der Waals surface area contributed by atoms with E-state index in [1.807, 2.05) is 29.2 Å². The van der Waals surface area contributed by atoms with Gasteiger partial charge < -0.3 is 15.3 Å². The van der Waals surface area contributed by atoms with E-state index in [-0.39, 0.29) is 11.5 Å². The maximum absolute atomic E-state index is 11.5. The Labute approximate surface area is 121 Å². The maximum atomic E-state index is 11.5. The van der Waals surface area contributed by atoms with Crippen LogP contribution < -0.4 is 10.2 Å². The van der Waals surface area contributed by atoms with E-state index in [9.17, 15) is 14.7 Å². The number of para-hydroxylation sites is 1. The van der Waals surface area contributed by atoms with Crippen molar-refractivity contribution in [3.8, 4) is 0 Å². The first kappa shape index (κ1) is 13.4. The first-order valence-corrected chi connectivity index (χ1v) is 6.79. The molecule has 3 rings (SSSR count). The number of carboxylic acids is 1. The predicted octanol–water partition coefficient (Wildman–Crippen LogP) is 1.26. The normalized spacial score (nSPS) is 15.6. The number of carbonyl (C=O) groups is 2. The summed E-state index contributed by atoms with van der Waals surface area (Å²) in [5, 5.41) is 13.0. The third-order valence-corrected chi connectivity index (χ3v) is 3.61. The minimum absolute atomic E-state index is 0.00673. The quantitative estimate of drug-likeness (QED) is 0.868. The number of fused-ring (bicyclic) bond motifs is 1. The number of carboxylic acid groups (broad SMARTS) is 1. The number of aromatic nitrogens is 1. The Hall–Kier alpha value is -2.63. The van der Waals surface area contributed by atoms with E-state index in [1.165, 1.54) is 6.20 Å². The van der Waals surface area contributed by atoms with E-state index in [0.29, 0.717) is 31.7 Å². The van der Waals surface area contributed by atoms with Gasteiger partial charge in [-0.25, -0.2) is 4.79 Å². The summed E-state index contributed by atoms with van der Waals surface area (Å²) in [4.78, 5) is 29.1. The topological polar surface area (TPSA) is 82.5 Å². The van der Waals surface area contributed by atoms with Gasteiger partial charge in [0.1, 0.15) is 5.56 Å². The van der Waals surface area contributed by atoms with Crippen molar-refractivity contribution in [2.75, 3.05) is 24.5 Å². The molecule has 2 heterocycles. The van der Waals surface area contributed by atoms with Crippen LogP contribution >= 0.6 is 0 Å². The number of benzene rings is 1. The van der Waals surface area contributed by atoms with Gasteiger partial charge in [0.2, 0.25) is 5.91 Å². The van der Waals surface area contributed by atoms with Crippen molar-refractivity contribution < 1.29 is 14.7 Å². The number of pyridine rings is 1. The first-order chi connectivity index (χ1) is 10.2. The lowest BCUT2D eigenvalue weighted by atomic mass is 10.1. The molecule has 6 heteroatoms. The van der Waals surface area contributed by atoms with Gasteiger partial charge in [0.15, 0.2) is 0 Å². The second-order valence-corrected chi connectivity index (χ2v) is 4.93. The van der Waals surface area contributed by atoms with Crippen molar-refractivity contribution >= 4 is 28.5 Å². The molecule has 1 aromatic carbocycles. The Morgan fingerprint density at radius 2 is 2.10 bits per heavy atom. The van der Waals surface area contributed by atoms with E-state index in [0.717, 1.165) is 10.9 Å². The molecule has 0 radical (unpaired) electrons. The van der Waals surface area contributed by atoms with Crippen LogP contribution in [0, 0.1) is 0 Å². The van der Waals surface area contributed by atoms with Gasteiger partial charge in [-0.05, 0) is 6.07 Å². The van der Waals surface area contributed by atoms with Crippen molar-refractivity contribution in [2.24, 2.45) is 0 Å². The van der Waals surface area contributed by atoms with Gasteiger partial charge in [0, 0.05) is 37.6 Å². The van der Waals surface area contributed by atoms with Crippen LogP contribution in [0.2, 0.25) is 0 Å². The Morgan fingerprint density at radius 1 is 1.29 bits per heavy atom. The summed E-state index contributed by atoms with van der Waals surface area (Å²) in [5.41, 5.74) is 1.56. The Balaban J connectivity index is 2.15. The summed E-state index contributed by atoms with van der Waals surface area (Å²) in [6.07, 6.45) is 1.75. The standard InChI is InChI=1S/C15H15N3O3/c19-13-5-7-18(8-6-16-13)14-10-3-1-2-4-12(10)17-9-11(14)15(20)21/h1-4,9H,5-8H2,(H,16,19)(H,20,21). The molecule has 2 aromatic rings. The molecule has 0 atom stereocenters. The average molecular weight is 285 g/mol. The molecular formula is C15H15N3O3. The minimum atomic E-state index is -1.01. The highest BCUT2D eigenvalue weighted by molar-refractivity contribution is 6.04. The minimum Gasteiger partial charge on any atom is -0.478 e. The van der Waals surface area contributed by atoms with Crippen molar-refractivity contribution in [2.45, 2.75) is 6.42 Å². The Bertz CT molecular complexity index is 714. The number of rotatable bonds is 2. The number of amides is 1. The zero-order valence-corrected chi connectivity index (χ0v) is 11.4. The van der Waals surface area contributed by atoms with E-state index >= 15 is 0 Å². The Kier molecular flexibility index (Phi) is 3.43. The fourth-order valence-electron chi connectivity index (χ4n) is 2.61. The highest BCUT2D eigenvalue weighted by Gasteiger charge is 2.22. The third-order valence-electron chi connectivity index (χ3n) is 3.61. The van der Waals surface area contributed by atoms with Gasteiger partial charge in [-0.1, -0.05) is 18.2 Å². The number of nitrogens with one attached hydrogen (secondary N) is 1. The number of carbonyl (C=O) groups excluding carboxylic acids is 1. The molecule has 1 saturated heterocycles. The van der Waals surface area contributed by atoms with Gasteiger partial charge in [0.25, 0.3) is 0 Å². The largest absolute Gasteiger partial charge is 0.478 e. The van der Waals surface area contributed by atoms with Crippen molar-refractivity contribution in [1.82, 2.24) is 10.3 Å². The summed E-state index contributed by atoms with van der Waals surface area (Å²) in [6.45, 7) is 1.59. The molecule has 0 aliphatic carbocycles. The van der Waals surface area contributed by atoms with Crippen LogP contribution in [0.1, 0.15) is 16.8 Å². The van der Waals surface area contributed by atoms with Gasteiger partial charge in [-0.15, -0.1) is 0 Å². The SMILES string of the molecule is O=C1CCN(c2c(C(=O)O)cnc3ccccc23)CCN1. The van der Waals surface area contributed by atoms with Crippen LogP contribution in [0.25, 0.3) is 10.9 Å². The molecule has 1 aliphatic heterocycles. The van der Waals surface area contributed by atoms with Gasteiger partial charge in [-0.3, -0.25) is 9.78 Å². The number of hydrogen-bond acceptors (Lipinski definition) is 4. The summed E-state index contributed by atoms with van der Waals surface area (Å²) < 4.78 is 0. The summed E-state index contributed by atoms with van der Waals surface area (Å²) in [7, 11) is 0. The Morgan fingerprint density at radius 3 is 2.90 bits per heavy atom. The molecular weight excluding hydrogens is 270 g/mol. The lowest BCUT2D eigenvalue weighted by molar-refractivity contribution is -0.120. The molecule has 0 bridgehead atoms. The third kappa shape index (κ3) is 2.52. The smallest absolute Gasteiger partial charge is 0.339 e. The highest BCUT2D eigenvalue weighted by atomic mass is 16.4. The second kappa shape index (κ2) is 5.40. The number of nitrogens with zero attached hydrogens (tertiary/aromatic N) is 2. The van der Waals surface area contributed by atoms with E-state index in [2.05, 4.69) is 10.3 Å². The van der Waals surface area contributed by atoms with E-state index < -0.39 is 5.97 Å². The zero-order chi connectivity index (χ0) is 14.8. The van der Waals surface area contributed by atoms with Crippen LogP contribution in [0.4, 0.5) is 5.69 Å². The van der Waals surface area contributed by atoms with E-state index in [1.54, 1.807) is 0 Å². The average Bonchev–Trinajstić information content (AvgIpc) is 2.70. The molecule has 108 valence electrons. The number of aromatic carboxylic acids is 1. The van der Waals surface area contributed by atoms with Crippen LogP contribution in [-0.4, -0.2) is 41.6 Å². The van der Waals surface area contributed by atoms with Crippen LogP contribution in [0.3, 0.4) is 0 Å². The van der Waals surface area contributed by atoms with E-state index in [4.69, 9.17) is 0 Å². The zero-order valence-electron chi connectivity index (χ0n) is 11.4. The molecule has 1 aliphatic rings. The molecule has 0 unspecified atom stereocenters. The monoisotopic (exact) mass is 285 g/mol. The highest BCUT2D eigenvalue weighted by Crippen LogP contribution is 2.30. The molecule has 0 saturated carbocycles. The fraction of sp³-hybridized carbons (Fsp3) is 0.267. The fourth-order valence-corrected chi connectivity index (χ4v) is 2.61. The molecule has 1 aromatic heterocycles. The van der Waals surface area contributed by atoms with Crippen LogP contribution in [-0.2, 0) is 4.79 Å². The van der Waals surface area contributed by atoms with Crippen molar-refractivity contribution in [1.29, 1.82) is 0 Å².